The van der Waals surface area contributed by atoms with Crippen LogP contribution in [0.3, 0.4) is 0 Å². The second kappa shape index (κ2) is 5.38. The Morgan fingerprint density at radius 3 is 3.15 bits per heavy atom. The molecule has 20 heavy (non-hydrogen) atoms. The van der Waals surface area contributed by atoms with Gasteiger partial charge in [0.1, 0.15) is 5.75 Å². The number of amides is 1. The van der Waals surface area contributed by atoms with Crippen LogP contribution in [0, 0.1) is 0 Å². The SMILES string of the molecule is O=C1COc2ccc(CNc3cnccc3Cl)cc2N1. The van der Waals surface area contributed by atoms with E-state index in [4.69, 9.17) is 16.3 Å². The molecule has 1 aromatic heterocycles. The van der Waals surface area contributed by atoms with Crippen molar-refractivity contribution in [1.29, 1.82) is 0 Å². The molecule has 0 saturated heterocycles. The van der Waals surface area contributed by atoms with Crippen LogP contribution in [0.15, 0.2) is 36.7 Å². The van der Waals surface area contributed by atoms with Crippen LogP contribution in [-0.2, 0) is 11.3 Å². The van der Waals surface area contributed by atoms with Gasteiger partial charge < -0.3 is 15.4 Å². The molecule has 1 aromatic carbocycles. The Balaban J connectivity index is 1.74. The molecule has 1 aliphatic rings. The van der Waals surface area contributed by atoms with Crippen molar-refractivity contribution < 1.29 is 9.53 Å². The van der Waals surface area contributed by atoms with Crippen LogP contribution in [0.5, 0.6) is 5.75 Å². The number of carbonyl (C=O) groups is 1. The first kappa shape index (κ1) is 12.7. The summed E-state index contributed by atoms with van der Waals surface area (Å²) in [6.45, 7) is 0.643. The zero-order valence-corrected chi connectivity index (χ0v) is 11.3. The lowest BCUT2D eigenvalue weighted by Gasteiger charge is -2.18. The fourth-order valence-corrected chi connectivity index (χ4v) is 2.12. The lowest BCUT2D eigenvalue weighted by molar-refractivity contribution is -0.118. The van der Waals surface area contributed by atoms with Crippen LogP contribution in [0.25, 0.3) is 0 Å². The van der Waals surface area contributed by atoms with E-state index in [1.807, 2.05) is 18.2 Å². The maximum atomic E-state index is 11.3. The van der Waals surface area contributed by atoms with Crippen molar-refractivity contribution >= 4 is 28.9 Å². The molecule has 0 radical (unpaired) electrons. The van der Waals surface area contributed by atoms with E-state index >= 15 is 0 Å². The third kappa shape index (κ3) is 2.67. The number of fused-ring (bicyclic) bond motifs is 1. The normalized spacial score (nSPS) is 13.2. The van der Waals surface area contributed by atoms with Crippen molar-refractivity contribution in [2.45, 2.75) is 6.54 Å². The smallest absolute Gasteiger partial charge is 0.262 e. The van der Waals surface area contributed by atoms with Crippen molar-refractivity contribution in [2.75, 3.05) is 17.2 Å². The van der Waals surface area contributed by atoms with Crippen LogP contribution in [0.4, 0.5) is 11.4 Å². The largest absolute Gasteiger partial charge is 0.482 e. The van der Waals surface area contributed by atoms with Crippen molar-refractivity contribution in [3.63, 3.8) is 0 Å². The second-order valence-corrected chi connectivity index (χ2v) is 4.78. The molecule has 2 N–H and O–H groups in total. The molecule has 2 heterocycles. The summed E-state index contributed by atoms with van der Waals surface area (Å²) in [6, 6.07) is 7.39. The second-order valence-electron chi connectivity index (χ2n) is 4.38. The average molecular weight is 290 g/mol. The lowest BCUT2D eigenvalue weighted by Crippen LogP contribution is -2.25. The minimum Gasteiger partial charge on any atom is -0.482 e. The van der Waals surface area contributed by atoms with Gasteiger partial charge in [-0.2, -0.15) is 0 Å². The predicted octanol–water partition coefficient (Wildman–Crippen LogP) is 2.68. The molecule has 2 aromatic rings. The number of pyridine rings is 1. The molecule has 0 atom stereocenters. The van der Waals surface area contributed by atoms with Gasteiger partial charge in [-0.15, -0.1) is 0 Å². The highest BCUT2D eigenvalue weighted by Crippen LogP contribution is 2.29. The van der Waals surface area contributed by atoms with Crippen LogP contribution < -0.4 is 15.4 Å². The maximum Gasteiger partial charge on any atom is 0.262 e. The Labute approximate surface area is 120 Å². The van der Waals surface area contributed by atoms with E-state index in [0.29, 0.717) is 23.0 Å². The highest BCUT2D eigenvalue weighted by Gasteiger charge is 2.15. The zero-order valence-electron chi connectivity index (χ0n) is 10.5. The molecule has 6 heteroatoms. The van der Waals surface area contributed by atoms with E-state index in [1.165, 1.54) is 0 Å². The highest BCUT2D eigenvalue weighted by atomic mass is 35.5. The van der Waals surface area contributed by atoms with Gasteiger partial charge in [0.05, 0.1) is 22.6 Å². The van der Waals surface area contributed by atoms with Gasteiger partial charge in [0.15, 0.2) is 6.61 Å². The predicted molar refractivity (Wildman–Crippen MR) is 77.1 cm³/mol. The first-order valence-electron chi connectivity index (χ1n) is 6.11. The Bertz CT molecular complexity index is 661. The number of hydrogen-bond donors (Lipinski definition) is 2. The van der Waals surface area contributed by atoms with Crippen LogP contribution in [0.1, 0.15) is 5.56 Å². The number of hydrogen-bond acceptors (Lipinski definition) is 4. The number of benzene rings is 1. The average Bonchev–Trinajstić information content (AvgIpc) is 2.46. The molecule has 102 valence electrons. The topological polar surface area (TPSA) is 63.2 Å². The molecular weight excluding hydrogens is 278 g/mol. The molecule has 1 amide bonds. The first-order valence-corrected chi connectivity index (χ1v) is 6.49. The summed E-state index contributed by atoms with van der Waals surface area (Å²) in [6.07, 6.45) is 3.31. The van der Waals surface area contributed by atoms with Gasteiger partial charge in [0.25, 0.3) is 5.91 Å². The molecule has 0 saturated carbocycles. The molecule has 0 fully saturated rings. The number of anilines is 2. The Hall–Kier alpha value is -2.27. The Morgan fingerprint density at radius 2 is 2.30 bits per heavy atom. The highest BCUT2D eigenvalue weighted by molar-refractivity contribution is 6.33. The number of carbonyl (C=O) groups excluding carboxylic acids is 1. The van der Waals surface area contributed by atoms with Crippen molar-refractivity contribution in [3.05, 3.63) is 47.2 Å². The quantitative estimate of drug-likeness (QED) is 0.912. The molecule has 0 unspecified atom stereocenters. The molecule has 0 spiro atoms. The summed E-state index contributed by atoms with van der Waals surface area (Å²) < 4.78 is 5.31. The van der Waals surface area contributed by atoms with Gasteiger partial charge in [0, 0.05) is 12.7 Å². The zero-order chi connectivity index (χ0) is 13.9. The minimum absolute atomic E-state index is 0.0654. The van der Waals surface area contributed by atoms with E-state index in [1.54, 1.807) is 18.5 Å². The van der Waals surface area contributed by atoms with Crippen molar-refractivity contribution in [2.24, 2.45) is 0 Å². The molecule has 3 rings (SSSR count). The number of rotatable bonds is 3. The third-order valence-electron chi connectivity index (χ3n) is 2.93. The molecule has 0 aliphatic carbocycles. The maximum absolute atomic E-state index is 11.3. The van der Waals surface area contributed by atoms with Crippen LogP contribution in [0.2, 0.25) is 5.02 Å². The Kier molecular flexibility index (Phi) is 3.43. The monoisotopic (exact) mass is 289 g/mol. The van der Waals surface area contributed by atoms with Gasteiger partial charge in [-0.05, 0) is 23.8 Å². The van der Waals surface area contributed by atoms with Gasteiger partial charge in [0.2, 0.25) is 0 Å². The number of nitrogens with zero attached hydrogens (tertiary/aromatic N) is 1. The van der Waals surface area contributed by atoms with E-state index in [2.05, 4.69) is 15.6 Å². The molecular formula is C14H12ClN3O2. The van der Waals surface area contributed by atoms with E-state index < -0.39 is 0 Å². The Morgan fingerprint density at radius 1 is 1.40 bits per heavy atom. The third-order valence-corrected chi connectivity index (χ3v) is 3.26. The summed E-state index contributed by atoms with van der Waals surface area (Å²) in [5.74, 6) is 0.547. The van der Waals surface area contributed by atoms with Crippen molar-refractivity contribution in [1.82, 2.24) is 4.98 Å². The summed E-state index contributed by atoms with van der Waals surface area (Å²) >= 11 is 6.05. The molecule has 0 bridgehead atoms. The summed E-state index contributed by atoms with van der Waals surface area (Å²) in [4.78, 5) is 15.3. The number of nitrogens with one attached hydrogen (secondary N) is 2. The van der Waals surface area contributed by atoms with Gasteiger partial charge >= 0.3 is 0 Å². The summed E-state index contributed by atoms with van der Waals surface area (Å²) in [7, 11) is 0. The lowest BCUT2D eigenvalue weighted by atomic mass is 10.1. The van der Waals surface area contributed by atoms with Gasteiger partial charge in [-0.3, -0.25) is 9.78 Å². The summed E-state index contributed by atoms with van der Waals surface area (Å²) in [5.41, 5.74) is 2.47. The minimum atomic E-state index is -0.141. The van der Waals surface area contributed by atoms with Crippen molar-refractivity contribution in [3.8, 4) is 5.75 Å². The first-order chi connectivity index (χ1) is 9.72. The molecule has 1 aliphatic heterocycles. The number of halogens is 1. The van der Waals surface area contributed by atoms with Crippen LogP contribution >= 0.6 is 11.6 Å². The van der Waals surface area contributed by atoms with E-state index in [9.17, 15) is 4.79 Å². The van der Waals surface area contributed by atoms with E-state index in [-0.39, 0.29) is 12.5 Å². The number of aromatic nitrogens is 1. The molecule has 5 nitrogen and oxygen atoms in total. The van der Waals surface area contributed by atoms with E-state index in [0.717, 1.165) is 11.3 Å². The fourth-order valence-electron chi connectivity index (χ4n) is 1.95. The van der Waals surface area contributed by atoms with Crippen LogP contribution in [-0.4, -0.2) is 17.5 Å². The summed E-state index contributed by atoms with van der Waals surface area (Å²) in [5, 5.41) is 6.60. The van der Waals surface area contributed by atoms with Gasteiger partial charge in [-0.25, -0.2) is 0 Å². The van der Waals surface area contributed by atoms with Gasteiger partial charge in [-0.1, -0.05) is 17.7 Å². The number of ether oxygens (including phenoxy) is 1. The fraction of sp³-hybridized carbons (Fsp3) is 0.143. The standard InChI is InChI=1S/C14H12ClN3O2/c15-10-3-4-16-7-12(10)17-6-9-1-2-13-11(5-9)18-14(19)8-20-13/h1-5,7,17H,6,8H2,(H,18,19).